The topological polar surface area (TPSA) is 61.8 Å². The molecule has 21 heavy (non-hydrogen) atoms. The van der Waals surface area contributed by atoms with Crippen molar-refractivity contribution in [1.29, 1.82) is 0 Å². The summed E-state index contributed by atoms with van der Waals surface area (Å²) in [5.74, 6) is -0.122. The molecule has 0 bridgehead atoms. The van der Waals surface area contributed by atoms with E-state index in [2.05, 4.69) is 10.3 Å². The highest BCUT2D eigenvalue weighted by atomic mass is 32.2. The van der Waals surface area contributed by atoms with Crippen molar-refractivity contribution in [3.63, 3.8) is 0 Å². The first kappa shape index (κ1) is 14.1. The fourth-order valence-corrected chi connectivity index (χ4v) is 3.66. The summed E-state index contributed by atoms with van der Waals surface area (Å²) in [5, 5.41) is 3.33. The Morgan fingerprint density at radius 2 is 2.29 bits per heavy atom. The largest absolute Gasteiger partial charge is 0.326 e. The second-order valence-corrected chi connectivity index (χ2v) is 6.43. The van der Waals surface area contributed by atoms with E-state index < -0.39 is 0 Å². The minimum atomic E-state index is -0.339. The molecule has 0 aliphatic carbocycles. The lowest BCUT2D eigenvalue weighted by molar-refractivity contribution is -0.127. The lowest BCUT2D eigenvalue weighted by Crippen LogP contribution is -2.32. The van der Waals surface area contributed by atoms with E-state index >= 15 is 0 Å². The first-order valence-electron chi connectivity index (χ1n) is 6.95. The van der Waals surface area contributed by atoms with Crippen molar-refractivity contribution in [3.8, 4) is 0 Å². The highest BCUT2D eigenvalue weighted by Crippen LogP contribution is 2.32. The van der Waals surface area contributed by atoms with Gasteiger partial charge >= 0.3 is 0 Å². The van der Waals surface area contributed by atoms with Crippen LogP contribution in [0.2, 0.25) is 0 Å². The summed E-state index contributed by atoms with van der Waals surface area (Å²) in [7, 11) is 0. The third-order valence-electron chi connectivity index (χ3n) is 3.84. The molecule has 0 aromatic heterocycles. The van der Waals surface area contributed by atoms with Gasteiger partial charge in [-0.3, -0.25) is 19.5 Å². The molecule has 6 heteroatoms. The highest BCUT2D eigenvalue weighted by Gasteiger charge is 2.40. The number of benzene rings is 1. The summed E-state index contributed by atoms with van der Waals surface area (Å²) in [6.45, 7) is 5.31. The fourth-order valence-electron chi connectivity index (χ4n) is 2.47. The zero-order valence-electron chi connectivity index (χ0n) is 12.0. The zero-order valence-corrected chi connectivity index (χ0v) is 12.9. The van der Waals surface area contributed by atoms with Crippen molar-refractivity contribution >= 4 is 34.4 Å². The number of aryl methyl sites for hydroxylation is 1. The molecule has 0 saturated carbocycles. The Kier molecular flexibility index (Phi) is 3.71. The van der Waals surface area contributed by atoms with Gasteiger partial charge < -0.3 is 5.32 Å². The number of rotatable bonds is 3. The summed E-state index contributed by atoms with van der Waals surface area (Å²) in [4.78, 5) is 30.3. The van der Waals surface area contributed by atoms with Crippen LogP contribution in [-0.2, 0) is 9.59 Å². The molecule has 2 aliphatic rings. The molecule has 0 spiro atoms. The molecule has 2 heterocycles. The minimum absolute atomic E-state index is 0.00682. The average molecular weight is 303 g/mol. The van der Waals surface area contributed by atoms with Crippen LogP contribution < -0.4 is 5.32 Å². The number of carbonyl (C=O) groups excluding carboxylic acids is 2. The van der Waals surface area contributed by atoms with Gasteiger partial charge in [0.15, 0.2) is 5.17 Å². The number of thioether (sulfide) groups is 1. The van der Waals surface area contributed by atoms with Crippen molar-refractivity contribution in [1.82, 2.24) is 4.90 Å². The molecule has 5 nitrogen and oxygen atoms in total. The molecule has 2 aliphatic heterocycles. The maximum Gasteiger partial charge on any atom is 0.242 e. The Bertz CT molecular complexity index is 642. The molecule has 1 saturated heterocycles. The van der Waals surface area contributed by atoms with Crippen molar-refractivity contribution in [3.05, 3.63) is 29.3 Å². The Hall–Kier alpha value is -1.82. The van der Waals surface area contributed by atoms with Crippen LogP contribution in [0.3, 0.4) is 0 Å². The normalized spacial score (nSPS) is 20.5. The van der Waals surface area contributed by atoms with E-state index in [4.69, 9.17) is 0 Å². The monoisotopic (exact) mass is 303 g/mol. The minimum Gasteiger partial charge on any atom is -0.326 e. The molecule has 1 atom stereocenters. The second-order valence-electron chi connectivity index (χ2n) is 5.26. The van der Waals surface area contributed by atoms with Gasteiger partial charge in [-0.05, 0) is 31.0 Å². The number of carbonyl (C=O) groups is 2. The molecule has 2 amide bonds. The Morgan fingerprint density at radius 1 is 1.48 bits per heavy atom. The first-order chi connectivity index (χ1) is 10.1. The zero-order chi connectivity index (χ0) is 15.0. The quantitative estimate of drug-likeness (QED) is 0.928. The van der Waals surface area contributed by atoms with Gasteiger partial charge in [0.2, 0.25) is 11.8 Å². The van der Waals surface area contributed by atoms with E-state index in [1.165, 1.54) is 11.8 Å². The average Bonchev–Trinajstić information content (AvgIpc) is 3.00. The molecule has 3 rings (SSSR count). The van der Waals surface area contributed by atoms with Crippen molar-refractivity contribution < 1.29 is 9.59 Å². The smallest absolute Gasteiger partial charge is 0.242 e. The standard InChI is InChI=1S/C15H17N3O2S/c1-9-4-3-5-11(10(9)2)17-13(19)8-12-14(20)18-7-6-16-15(18)21-12/h3-5,12H,6-8H2,1-2H3,(H,17,19)/t12-/m1/s1. The summed E-state index contributed by atoms with van der Waals surface area (Å²) in [6.07, 6.45) is 0.187. The van der Waals surface area contributed by atoms with Crippen LogP contribution in [0.5, 0.6) is 0 Å². The van der Waals surface area contributed by atoms with E-state index in [9.17, 15) is 9.59 Å². The number of amides is 2. The molecule has 1 N–H and O–H groups in total. The number of anilines is 1. The maximum atomic E-state index is 12.2. The van der Waals surface area contributed by atoms with Crippen LogP contribution in [0, 0.1) is 13.8 Å². The van der Waals surface area contributed by atoms with Gasteiger partial charge in [-0.1, -0.05) is 23.9 Å². The van der Waals surface area contributed by atoms with Gasteiger partial charge in [0.05, 0.1) is 6.54 Å². The number of hydrogen-bond donors (Lipinski definition) is 1. The SMILES string of the molecule is Cc1cccc(NC(=O)C[C@H]2SC3=NCCN3C2=O)c1C. The third-order valence-corrected chi connectivity index (χ3v) is 5.05. The Balaban J connectivity index is 1.65. The second kappa shape index (κ2) is 5.52. The van der Waals surface area contributed by atoms with Gasteiger partial charge in [0, 0.05) is 18.7 Å². The molecule has 110 valence electrons. The van der Waals surface area contributed by atoms with E-state index in [0.29, 0.717) is 13.1 Å². The Morgan fingerprint density at radius 3 is 3.05 bits per heavy atom. The van der Waals surface area contributed by atoms with Crippen LogP contribution >= 0.6 is 11.8 Å². The number of fused-ring (bicyclic) bond motifs is 1. The Labute approximate surface area is 127 Å². The number of hydrogen-bond acceptors (Lipinski definition) is 4. The molecule has 0 unspecified atom stereocenters. The third kappa shape index (κ3) is 2.68. The molecule has 1 aromatic carbocycles. The molecular weight excluding hydrogens is 286 g/mol. The molecule has 1 aromatic rings. The number of aliphatic imine (C=N–C) groups is 1. The summed E-state index contributed by atoms with van der Waals surface area (Å²) in [6, 6.07) is 5.80. The lowest BCUT2D eigenvalue weighted by Gasteiger charge is -2.12. The van der Waals surface area contributed by atoms with Crippen LogP contribution in [0.4, 0.5) is 5.69 Å². The first-order valence-corrected chi connectivity index (χ1v) is 7.83. The van der Waals surface area contributed by atoms with E-state index in [0.717, 1.165) is 22.0 Å². The van der Waals surface area contributed by atoms with Crippen LogP contribution in [0.1, 0.15) is 17.5 Å². The molecular formula is C15H17N3O2S. The molecule has 1 fully saturated rings. The number of nitrogens with zero attached hydrogens (tertiary/aromatic N) is 2. The predicted molar refractivity (Wildman–Crippen MR) is 84.6 cm³/mol. The van der Waals surface area contributed by atoms with Crippen molar-refractivity contribution in [2.45, 2.75) is 25.5 Å². The van der Waals surface area contributed by atoms with Crippen LogP contribution in [0.25, 0.3) is 0 Å². The summed E-state index contributed by atoms with van der Waals surface area (Å²) in [5.41, 5.74) is 3.00. The van der Waals surface area contributed by atoms with Gasteiger partial charge in [-0.25, -0.2) is 0 Å². The number of amidine groups is 1. The summed E-state index contributed by atoms with van der Waals surface area (Å²) < 4.78 is 0. The van der Waals surface area contributed by atoms with Crippen LogP contribution in [-0.4, -0.2) is 40.2 Å². The molecule has 0 radical (unpaired) electrons. The van der Waals surface area contributed by atoms with Crippen LogP contribution in [0.15, 0.2) is 23.2 Å². The fraction of sp³-hybridized carbons (Fsp3) is 0.400. The summed E-state index contributed by atoms with van der Waals surface area (Å²) >= 11 is 1.40. The van der Waals surface area contributed by atoms with E-state index in [1.807, 2.05) is 32.0 Å². The maximum absolute atomic E-state index is 12.2. The van der Waals surface area contributed by atoms with Gasteiger partial charge in [-0.15, -0.1) is 0 Å². The highest BCUT2D eigenvalue weighted by molar-refractivity contribution is 8.15. The predicted octanol–water partition coefficient (Wildman–Crippen LogP) is 1.95. The van der Waals surface area contributed by atoms with E-state index in [1.54, 1.807) is 4.90 Å². The van der Waals surface area contributed by atoms with Crippen molar-refractivity contribution in [2.75, 3.05) is 18.4 Å². The van der Waals surface area contributed by atoms with E-state index in [-0.39, 0.29) is 23.5 Å². The van der Waals surface area contributed by atoms with Gasteiger partial charge in [0.1, 0.15) is 5.25 Å². The van der Waals surface area contributed by atoms with Gasteiger partial charge in [-0.2, -0.15) is 0 Å². The number of nitrogens with one attached hydrogen (secondary N) is 1. The van der Waals surface area contributed by atoms with Crippen molar-refractivity contribution in [2.24, 2.45) is 4.99 Å². The lowest BCUT2D eigenvalue weighted by atomic mass is 10.1. The van der Waals surface area contributed by atoms with Gasteiger partial charge in [0.25, 0.3) is 0 Å².